The lowest BCUT2D eigenvalue weighted by Crippen LogP contribution is -2.61. The number of fused-ring (bicyclic) bond motifs is 9. The molecular weight excluding hydrogens is 707 g/mol. The van der Waals surface area contributed by atoms with Crippen molar-refractivity contribution in [2.24, 2.45) is 0 Å². The number of para-hydroxylation sites is 1. The van der Waals surface area contributed by atoms with Crippen LogP contribution in [0.2, 0.25) is 0 Å². The standard InChI is InChI=1S/C53H47BN2S/c1-51(2)28-29-52(3,4)41-31-44-38(30-40(41)51)48-47-37-20-13-14-23-45(37)57-46(47)32-43-49(48)54(56(44)36-26-24-34(25-27-36)33-16-9-7-10-17-33)42-22-15-21-39(50(42)55-43)53(5,6)35-18-11-8-12-19-35/h7-27,30-32,55H,28-29H2,1-6H3. The monoisotopic (exact) mass is 754 g/mol. The SMILES string of the molecule is CC1(C)CCC(C)(C)c2cc3c(cc21)-c1c2c(cc4sc5ccccc5c14)Nc1c(cccc1C(C)(C)c1ccccc1)B2N3c1ccc(-c2ccccc2)cc1. The number of hydrogen-bond donors (Lipinski definition) is 1. The quantitative estimate of drug-likeness (QED) is 0.180. The van der Waals surface area contributed by atoms with Crippen molar-refractivity contribution in [2.45, 2.75) is 70.6 Å². The fourth-order valence-corrected chi connectivity index (χ4v) is 11.6. The molecule has 57 heavy (non-hydrogen) atoms. The first-order chi connectivity index (χ1) is 27.5. The van der Waals surface area contributed by atoms with E-state index in [1.54, 1.807) is 0 Å². The molecule has 0 spiro atoms. The highest BCUT2D eigenvalue weighted by Gasteiger charge is 2.47. The van der Waals surface area contributed by atoms with Gasteiger partial charge in [-0.15, -0.1) is 11.3 Å². The summed E-state index contributed by atoms with van der Waals surface area (Å²) in [7, 11) is 0. The molecule has 0 radical (unpaired) electrons. The molecule has 2 nitrogen and oxygen atoms in total. The van der Waals surface area contributed by atoms with Gasteiger partial charge in [0.25, 0.3) is 0 Å². The van der Waals surface area contributed by atoms with Gasteiger partial charge >= 0.3 is 6.85 Å². The highest BCUT2D eigenvalue weighted by atomic mass is 32.1. The van der Waals surface area contributed by atoms with Crippen LogP contribution in [0.25, 0.3) is 42.4 Å². The first-order valence-electron chi connectivity index (χ1n) is 20.6. The summed E-state index contributed by atoms with van der Waals surface area (Å²) < 4.78 is 2.68. The van der Waals surface area contributed by atoms with E-state index in [0.29, 0.717) is 0 Å². The van der Waals surface area contributed by atoms with Crippen molar-refractivity contribution < 1.29 is 0 Å². The zero-order valence-corrected chi connectivity index (χ0v) is 34.5. The Morgan fingerprint density at radius 2 is 1.30 bits per heavy atom. The average molecular weight is 755 g/mol. The summed E-state index contributed by atoms with van der Waals surface area (Å²) in [6.45, 7) is 14.6. The van der Waals surface area contributed by atoms with E-state index in [0.717, 1.165) is 0 Å². The van der Waals surface area contributed by atoms with Gasteiger partial charge in [-0.3, -0.25) is 0 Å². The number of anilines is 4. The Morgan fingerprint density at radius 1 is 0.649 bits per heavy atom. The van der Waals surface area contributed by atoms with E-state index in [-0.39, 0.29) is 23.1 Å². The van der Waals surface area contributed by atoms with Crippen molar-refractivity contribution in [3.05, 3.63) is 168 Å². The van der Waals surface area contributed by atoms with Gasteiger partial charge in [-0.2, -0.15) is 0 Å². The van der Waals surface area contributed by atoms with Gasteiger partial charge in [-0.05, 0) is 110 Å². The highest BCUT2D eigenvalue weighted by Crippen LogP contribution is 2.55. The van der Waals surface area contributed by atoms with E-state index in [2.05, 4.69) is 197 Å². The number of nitrogens with one attached hydrogen (secondary N) is 1. The number of nitrogens with zero attached hydrogens (tertiary/aromatic N) is 1. The van der Waals surface area contributed by atoms with Crippen molar-refractivity contribution in [2.75, 3.05) is 10.1 Å². The Morgan fingerprint density at radius 3 is 2.04 bits per heavy atom. The van der Waals surface area contributed by atoms with Gasteiger partial charge in [0, 0.05) is 53.9 Å². The van der Waals surface area contributed by atoms with E-state index >= 15 is 0 Å². The van der Waals surface area contributed by atoms with Crippen molar-refractivity contribution in [3.8, 4) is 22.3 Å². The Balaban J connectivity index is 1.26. The Bertz CT molecular complexity index is 2900. The molecule has 3 heterocycles. The fourth-order valence-electron chi connectivity index (χ4n) is 10.5. The minimum absolute atomic E-state index is 0.0475. The summed E-state index contributed by atoms with van der Waals surface area (Å²) in [4.78, 5) is 2.70. The van der Waals surface area contributed by atoms with Gasteiger partial charge < -0.3 is 10.1 Å². The smallest absolute Gasteiger partial charge is 0.333 e. The van der Waals surface area contributed by atoms with Gasteiger partial charge in [0.1, 0.15) is 0 Å². The number of hydrogen-bond acceptors (Lipinski definition) is 3. The molecule has 7 aromatic carbocycles. The van der Waals surface area contributed by atoms with Crippen LogP contribution in [0.3, 0.4) is 0 Å². The Hall–Kier alpha value is -5.58. The highest BCUT2D eigenvalue weighted by molar-refractivity contribution is 7.26. The van der Waals surface area contributed by atoms with Gasteiger partial charge in [0.2, 0.25) is 0 Å². The molecule has 1 aromatic heterocycles. The van der Waals surface area contributed by atoms with E-state index in [9.17, 15) is 0 Å². The predicted molar refractivity (Wildman–Crippen MR) is 247 cm³/mol. The second-order valence-corrected chi connectivity index (χ2v) is 19.5. The lowest BCUT2D eigenvalue weighted by molar-refractivity contribution is 0.332. The van der Waals surface area contributed by atoms with Crippen LogP contribution in [0.5, 0.6) is 0 Å². The summed E-state index contributed by atoms with van der Waals surface area (Å²) in [6, 6.07) is 54.9. The molecule has 0 atom stereocenters. The molecule has 0 saturated heterocycles. The van der Waals surface area contributed by atoms with Gasteiger partial charge in [-0.25, -0.2) is 0 Å². The third kappa shape index (κ3) is 5.09. The summed E-state index contributed by atoms with van der Waals surface area (Å²) in [5, 5.41) is 6.90. The normalized spacial score (nSPS) is 16.1. The Labute approximate surface area is 341 Å². The molecule has 0 amide bonds. The van der Waals surface area contributed by atoms with Crippen molar-refractivity contribution in [1.82, 2.24) is 0 Å². The molecule has 0 bridgehead atoms. The average Bonchev–Trinajstić information content (AvgIpc) is 3.60. The molecule has 4 heteroatoms. The van der Waals surface area contributed by atoms with E-state index < -0.39 is 0 Å². The maximum Gasteiger partial charge on any atom is 0.333 e. The number of rotatable bonds is 4. The third-order valence-electron chi connectivity index (χ3n) is 13.8. The van der Waals surface area contributed by atoms with Gasteiger partial charge in [-0.1, -0.05) is 151 Å². The Kier molecular flexibility index (Phi) is 7.43. The van der Waals surface area contributed by atoms with Crippen LogP contribution in [0.1, 0.15) is 76.6 Å². The zero-order valence-electron chi connectivity index (χ0n) is 33.7. The van der Waals surface area contributed by atoms with Crippen molar-refractivity contribution in [3.63, 3.8) is 0 Å². The second kappa shape index (κ2) is 12.2. The minimum Gasteiger partial charge on any atom is -0.376 e. The lowest BCUT2D eigenvalue weighted by atomic mass is 9.43. The fraction of sp³-hybridized carbons (Fsp3) is 0.208. The topological polar surface area (TPSA) is 15.3 Å². The first-order valence-corrected chi connectivity index (χ1v) is 21.4. The summed E-state index contributed by atoms with van der Waals surface area (Å²) >= 11 is 1.92. The van der Waals surface area contributed by atoms with Gasteiger partial charge in [0.15, 0.2) is 0 Å². The van der Waals surface area contributed by atoms with Crippen LogP contribution in [-0.4, -0.2) is 6.85 Å². The van der Waals surface area contributed by atoms with Crippen LogP contribution in [0, 0.1) is 0 Å². The van der Waals surface area contributed by atoms with Crippen molar-refractivity contribution >= 4 is 72.0 Å². The molecule has 3 aliphatic rings. The molecule has 1 aliphatic carbocycles. The first kappa shape index (κ1) is 34.7. The van der Waals surface area contributed by atoms with Crippen LogP contribution < -0.4 is 21.1 Å². The number of thiophene rings is 1. The van der Waals surface area contributed by atoms with Crippen LogP contribution in [0.15, 0.2) is 146 Å². The molecule has 0 unspecified atom stereocenters. The lowest BCUT2D eigenvalue weighted by Gasteiger charge is -2.47. The number of benzene rings is 7. The second-order valence-electron chi connectivity index (χ2n) is 18.4. The van der Waals surface area contributed by atoms with E-state index in [1.165, 1.54) is 111 Å². The molecule has 0 fully saturated rings. The third-order valence-corrected chi connectivity index (χ3v) is 14.9. The zero-order chi connectivity index (χ0) is 38.8. The molecule has 278 valence electrons. The maximum atomic E-state index is 4.17. The summed E-state index contributed by atoms with van der Waals surface area (Å²) in [5.74, 6) is 0. The predicted octanol–water partition coefficient (Wildman–Crippen LogP) is 13.4. The molecule has 2 aliphatic heterocycles. The molecule has 11 rings (SSSR count). The van der Waals surface area contributed by atoms with Crippen LogP contribution in [-0.2, 0) is 16.2 Å². The maximum absolute atomic E-state index is 4.17. The van der Waals surface area contributed by atoms with Crippen molar-refractivity contribution in [1.29, 1.82) is 0 Å². The van der Waals surface area contributed by atoms with Crippen LogP contribution >= 0.6 is 11.3 Å². The largest absolute Gasteiger partial charge is 0.376 e. The minimum atomic E-state index is -0.231. The summed E-state index contributed by atoms with van der Waals surface area (Å²) in [5.41, 5.74) is 18.4. The molecule has 0 saturated carbocycles. The molecule has 8 aromatic rings. The van der Waals surface area contributed by atoms with Crippen LogP contribution in [0.4, 0.5) is 22.7 Å². The van der Waals surface area contributed by atoms with E-state index in [4.69, 9.17) is 0 Å². The van der Waals surface area contributed by atoms with E-state index in [1.807, 2.05) is 11.3 Å². The summed E-state index contributed by atoms with van der Waals surface area (Å²) in [6.07, 6.45) is 2.35. The molecular formula is C53H47BN2S. The molecule has 1 N–H and O–H groups in total. The van der Waals surface area contributed by atoms with Gasteiger partial charge in [0.05, 0.1) is 0 Å².